The minimum absolute atomic E-state index is 0.0508. The molecule has 1 unspecified atom stereocenters. The summed E-state index contributed by atoms with van der Waals surface area (Å²) in [5, 5.41) is 0. The minimum atomic E-state index is -3.59. The molecule has 1 heterocycles. The zero-order valence-electron chi connectivity index (χ0n) is 13.9. The summed E-state index contributed by atoms with van der Waals surface area (Å²) >= 11 is 0. The van der Waals surface area contributed by atoms with Crippen LogP contribution in [0.3, 0.4) is 0 Å². The van der Waals surface area contributed by atoms with Crippen LogP contribution in [0.25, 0.3) is 0 Å². The Morgan fingerprint density at radius 2 is 1.88 bits per heavy atom. The number of morpholine rings is 1. The van der Waals surface area contributed by atoms with Crippen LogP contribution in [-0.2, 0) is 24.8 Å². The van der Waals surface area contributed by atoms with Crippen molar-refractivity contribution in [2.45, 2.75) is 37.7 Å². The third-order valence-corrected chi connectivity index (χ3v) is 6.99. The Labute approximate surface area is 144 Å². The molecule has 0 spiro atoms. The average Bonchev–Trinajstić information content (AvgIpc) is 2.53. The lowest BCUT2D eigenvalue weighted by Crippen LogP contribution is -2.44. The molecule has 0 aliphatic carbocycles. The van der Waals surface area contributed by atoms with Crippen LogP contribution in [0.4, 0.5) is 5.69 Å². The van der Waals surface area contributed by atoms with Crippen LogP contribution >= 0.6 is 0 Å². The normalized spacial score (nSPS) is 20.0. The van der Waals surface area contributed by atoms with Gasteiger partial charge in [0.15, 0.2) is 0 Å². The van der Waals surface area contributed by atoms with Crippen LogP contribution in [0, 0.1) is 0 Å². The number of hydrogen-bond acceptors (Lipinski definition) is 5. The summed E-state index contributed by atoms with van der Waals surface area (Å²) < 4.78 is 58.2. The fraction of sp³-hybridized carbons (Fsp3) is 0.600. The van der Waals surface area contributed by atoms with Gasteiger partial charge in [-0.2, -0.15) is 4.31 Å². The number of sulfonamides is 2. The van der Waals surface area contributed by atoms with Gasteiger partial charge >= 0.3 is 0 Å². The quantitative estimate of drug-likeness (QED) is 0.781. The molecule has 1 saturated heterocycles. The second-order valence-corrected chi connectivity index (χ2v) is 9.62. The molecule has 24 heavy (non-hydrogen) atoms. The van der Waals surface area contributed by atoms with E-state index in [1.54, 1.807) is 0 Å². The van der Waals surface area contributed by atoms with Crippen molar-refractivity contribution in [3.8, 4) is 0 Å². The second kappa shape index (κ2) is 7.81. The first-order valence-corrected chi connectivity index (χ1v) is 11.1. The highest BCUT2D eigenvalue weighted by Gasteiger charge is 2.29. The van der Waals surface area contributed by atoms with E-state index in [0.29, 0.717) is 31.8 Å². The van der Waals surface area contributed by atoms with E-state index in [0.717, 1.165) is 6.42 Å². The monoisotopic (exact) mass is 376 g/mol. The van der Waals surface area contributed by atoms with Crippen molar-refractivity contribution < 1.29 is 21.6 Å². The molecule has 1 aliphatic heterocycles. The van der Waals surface area contributed by atoms with Crippen molar-refractivity contribution in [3.63, 3.8) is 0 Å². The van der Waals surface area contributed by atoms with Gasteiger partial charge in [0, 0.05) is 18.8 Å². The average molecular weight is 377 g/mol. The smallest absolute Gasteiger partial charge is 0.243 e. The molecule has 0 saturated carbocycles. The predicted octanol–water partition coefficient (Wildman–Crippen LogP) is 1.64. The molecule has 1 atom stereocenters. The zero-order valence-corrected chi connectivity index (χ0v) is 15.6. The maximum absolute atomic E-state index is 12.6. The Kier molecular flexibility index (Phi) is 6.24. The van der Waals surface area contributed by atoms with Crippen molar-refractivity contribution >= 4 is 25.7 Å². The molecule has 1 N–H and O–H groups in total. The van der Waals surface area contributed by atoms with E-state index in [1.165, 1.54) is 28.6 Å². The van der Waals surface area contributed by atoms with Crippen molar-refractivity contribution in [2.75, 3.05) is 30.2 Å². The maximum atomic E-state index is 12.6. The van der Waals surface area contributed by atoms with Crippen molar-refractivity contribution in [1.29, 1.82) is 0 Å². The molecular weight excluding hydrogens is 352 g/mol. The Morgan fingerprint density at radius 1 is 1.21 bits per heavy atom. The molecule has 1 aliphatic rings. The minimum Gasteiger partial charge on any atom is -0.376 e. The number of rotatable bonds is 7. The summed E-state index contributed by atoms with van der Waals surface area (Å²) in [6.07, 6.45) is 1.23. The zero-order chi connectivity index (χ0) is 17.8. The van der Waals surface area contributed by atoms with Gasteiger partial charge < -0.3 is 4.74 Å². The predicted molar refractivity (Wildman–Crippen MR) is 92.9 cm³/mol. The summed E-state index contributed by atoms with van der Waals surface area (Å²) in [5.74, 6) is 0.0508. The van der Waals surface area contributed by atoms with E-state index in [2.05, 4.69) is 4.72 Å². The molecule has 0 bridgehead atoms. The fourth-order valence-electron chi connectivity index (χ4n) is 2.41. The van der Waals surface area contributed by atoms with Gasteiger partial charge in [-0.25, -0.2) is 16.8 Å². The maximum Gasteiger partial charge on any atom is 0.243 e. The first-order chi connectivity index (χ1) is 11.2. The highest BCUT2D eigenvalue weighted by molar-refractivity contribution is 7.92. The van der Waals surface area contributed by atoms with Gasteiger partial charge in [0.05, 0.1) is 23.4 Å². The second-order valence-electron chi connectivity index (χ2n) is 5.84. The Morgan fingerprint density at radius 3 is 2.46 bits per heavy atom. The molecule has 0 amide bonds. The summed E-state index contributed by atoms with van der Waals surface area (Å²) in [6.45, 7) is 4.75. The fourth-order valence-corrected chi connectivity index (χ4v) is 5.18. The van der Waals surface area contributed by atoms with Crippen LogP contribution in [0.15, 0.2) is 29.2 Å². The van der Waals surface area contributed by atoms with Crippen LogP contribution in [0.1, 0.15) is 26.7 Å². The molecule has 2 rings (SSSR count). The topological polar surface area (TPSA) is 92.8 Å². The van der Waals surface area contributed by atoms with Gasteiger partial charge in [-0.3, -0.25) is 4.72 Å². The number of benzene rings is 1. The third-order valence-electron chi connectivity index (χ3n) is 3.74. The Bertz CT molecular complexity index is 745. The van der Waals surface area contributed by atoms with Crippen LogP contribution < -0.4 is 4.72 Å². The third kappa shape index (κ3) is 4.92. The summed E-state index contributed by atoms with van der Waals surface area (Å²) in [7, 11) is -6.99. The molecular formula is C15H24N2O5S2. The number of nitrogens with one attached hydrogen (secondary N) is 1. The molecule has 0 radical (unpaired) electrons. The van der Waals surface area contributed by atoms with Crippen LogP contribution in [0.2, 0.25) is 0 Å². The van der Waals surface area contributed by atoms with E-state index in [9.17, 15) is 16.8 Å². The molecule has 7 nitrogen and oxygen atoms in total. The van der Waals surface area contributed by atoms with Gasteiger partial charge in [0.1, 0.15) is 0 Å². The van der Waals surface area contributed by atoms with Gasteiger partial charge in [-0.05, 0) is 37.6 Å². The van der Waals surface area contributed by atoms with E-state index in [4.69, 9.17) is 4.74 Å². The first-order valence-electron chi connectivity index (χ1n) is 7.97. The first kappa shape index (κ1) is 19.2. The molecule has 9 heteroatoms. The van der Waals surface area contributed by atoms with E-state index < -0.39 is 20.0 Å². The molecule has 1 aromatic rings. The highest BCUT2D eigenvalue weighted by atomic mass is 32.2. The standard InChI is InChI=1S/C15H24N2O5S2/c1-3-4-11-23(18,19)16-14-5-7-15(8-6-14)24(20,21)17-9-10-22-13(2)12-17/h5-8,13,16H,3-4,9-12H2,1-2H3. The van der Waals surface area contributed by atoms with Crippen molar-refractivity contribution in [1.82, 2.24) is 4.31 Å². The number of unbranched alkanes of at least 4 members (excludes halogenated alkanes) is 1. The van der Waals surface area contributed by atoms with Gasteiger partial charge in [-0.1, -0.05) is 13.3 Å². The number of nitrogens with zero attached hydrogens (tertiary/aromatic N) is 1. The van der Waals surface area contributed by atoms with Crippen molar-refractivity contribution in [2.24, 2.45) is 0 Å². The van der Waals surface area contributed by atoms with Gasteiger partial charge in [0.25, 0.3) is 0 Å². The van der Waals surface area contributed by atoms with Crippen LogP contribution in [0.5, 0.6) is 0 Å². The molecule has 136 valence electrons. The lowest BCUT2D eigenvalue weighted by Gasteiger charge is -2.30. The highest BCUT2D eigenvalue weighted by Crippen LogP contribution is 2.21. The van der Waals surface area contributed by atoms with E-state index in [1.807, 2.05) is 13.8 Å². The summed E-state index contributed by atoms with van der Waals surface area (Å²) in [5.41, 5.74) is 0.361. The summed E-state index contributed by atoms with van der Waals surface area (Å²) in [6, 6.07) is 5.79. The van der Waals surface area contributed by atoms with Gasteiger partial charge in [0.2, 0.25) is 20.0 Å². The summed E-state index contributed by atoms with van der Waals surface area (Å²) in [4.78, 5) is 0.146. The molecule has 1 fully saturated rings. The van der Waals surface area contributed by atoms with Crippen LogP contribution in [-0.4, -0.2) is 52.7 Å². The lowest BCUT2D eigenvalue weighted by molar-refractivity contribution is 0.0102. The largest absolute Gasteiger partial charge is 0.376 e. The number of hydrogen-bond donors (Lipinski definition) is 1. The Hall–Kier alpha value is -1.16. The number of ether oxygens (including phenoxy) is 1. The molecule has 1 aromatic carbocycles. The lowest BCUT2D eigenvalue weighted by atomic mass is 10.3. The van der Waals surface area contributed by atoms with E-state index in [-0.39, 0.29) is 16.8 Å². The molecule has 0 aromatic heterocycles. The SMILES string of the molecule is CCCCS(=O)(=O)Nc1ccc(S(=O)(=O)N2CCOC(C)C2)cc1. The van der Waals surface area contributed by atoms with Crippen molar-refractivity contribution in [3.05, 3.63) is 24.3 Å². The number of anilines is 1. The van der Waals surface area contributed by atoms with Gasteiger partial charge in [-0.15, -0.1) is 0 Å². The Balaban J connectivity index is 2.11. The van der Waals surface area contributed by atoms with E-state index >= 15 is 0 Å².